The lowest BCUT2D eigenvalue weighted by molar-refractivity contribution is -0.116. The van der Waals surface area contributed by atoms with Gasteiger partial charge in [-0.2, -0.15) is 0 Å². The maximum absolute atomic E-state index is 12.4. The molecule has 144 valence electrons. The Morgan fingerprint density at radius 3 is 2.67 bits per heavy atom. The number of hydrogen-bond donors (Lipinski definition) is 1. The number of carbonyl (C=O) groups excluding carboxylic acids is 1. The molecule has 3 rings (SSSR count). The van der Waals surface area contributed by atoms with Crippen LogP contribution in [0.25, 0.3) is 0 Å². The maximum atomic E-state index is 12.4. The van der Waals surface area contributed by atoms with Crippen molar-refractivity contribution in [3.63, 3.8) is 0 Å². The number of rotatable bonds is 6. The summed E-state index contributed by atoms with van der Waals surface area (Å²) >= 11 is 0. The third kappa shape index (κ3) is 5.01. The van der Waals surface area contributed by atoms with Crippen molar-refractivity contribution in [2.24, 2.45) is 0 Å². The Kier molecular flexibility index (Phi) is 6.01. The van der Waals surface area contributed by atoms with Crippen molar-refractivity contribution in [3.8, 4) is 5.75 Å². The highest BCUT2D eigenvalue weighted by Crippen LogP contribution is 2.29. The molecule has 2 aromatic rings. The second-order valence-corrected chi connectivity index (χ2v) is 8.57. The summed E-state index contributed by atoms with van der Waals surface area (Å²) in [5.74, 6) is 0.709. The number of sulfonamides is 1. The number of hydrogen-bond acceptors (Lipinski definition) is 4. The van der Waals surface area contributed by atoms with E-state index in [2.05, 4.69) is 5.32 Å². The van der Waals surface area contributed by atoms with E-state index in [1.54, 1.807) is 12.1 Å². The van der Waals surface area contributed by atoms with Crippen LogP contribution in [0.5, 0.6) is 5.75 Å². The zero-order chi connectivity index (χ0) is 19.3. The molecule has 0 atom stereocenters. The topological polar surface area (TPSA) is 75.7 Å². The number of benzene rings is 2. The molecule has 0 aliphatic carbocycles. The minimum absolute atomic E-state index is 0.167. The van der Waals surface area contributed by atoms with E-state index < -0.39 is 10.0 Å². The molecule has 0 aromatic heterocycles. The number of ether oxygens (including phenoxy) is 1. The van der Waals surface area contributed by atoms with Gasteiger partial charge in [0.1, 0.15) is 5.75 Å². The van der Waals surface area contributed by atoms with Crippen LogP contribution in [0.15, 0.2) is 48.5 Å². The molecular weight excluding hydrogens is 364 g/mol. The molecule has 1 aliphatic rings. The molecule has 1 N–H and O–H groups in total. The van der Waals surface area contributed by atoms with Crippen molar-refractivity contribution < 1.29 is 17.9 Å². The Labute approximate surface area is 160 Å². The Balaban J connectivity index is 1.62. The van der Waals surface area contributed by atoms with Gasteiger partial charge in [0.15, 0.2) is 0 Å². The Morgan fingerprint density at radius 1 is 1.15 bits per heavy atom. The zero-order valence-corrected chi connectivity index (χ0v) is 16.2. The first kappa shape index (κ1) is 19.2. The summed E-state index contributed by atoms with van der Waals surface area (Å²) in [6, 6.07) is 14.7. The highest BCUT2D eigenvalue weighted by atomic mass is 32.2. The van der Waals surface area contributed by atoms with Crippen LogP contribution in [0, 0.1) is 6.92 Å². The van der Waals surface area contributed by atoms with Crippen LogP contribution in [-0.2, 0) is 14.8 Å². The van der Waals surface area contributed by atoms with Crippen LogP contribution in [-0.4, -0.2) is 33.2 Å². The van der Waals surface area contributed by atoms with Crippen LogP contribution in [0.2, 0.25) is 0 Å². The van der Waals surface area contributed by atoms with Gasteiger partial charge in [-0.05, 0) is 49.6 Å². The van der Waals surface area contributed by atoms with Gasteiger partial charge in [0.05, 0.1) is 24.5 Å². The number of anilines is 2. The maximum Gasteiger partial charge on any atom is 0.235 e. The van der Waals surface area contributed by atoms with Crippen LogP contribution < -0.4 is 14.4 Å². The van der Waals surface area contributed by atoms with E-state index in [9.17, 15) is 13.2 Å². The van der Waals surface area contributed by atoms with E-state index in [4.69, 9.17) is 4.74 Å². The number of nitrogens with one attached hydrogen (secondary N) is 1. The molecule has 0 spiro atoms. The number of para-hydroxylation sites is 1. The predicted octanol–water partition coefficient (Wildman–Crippen LogP) is 3.33. The fourth-order valence-corrected chi connectivity index (χ4v) is 4.71. The molecule has 7 heteroatoms. The van der Waals surface area contributed by atoms with E-state index in [1.807, 2.05) is 43.3 Å². The largest absolute Gasteiger partial charge is 0.493 e. The predicted molar refractivity (Wildman–Crippen MR) is 107 cm³/mol. The van der Waals surface area contributed by atoms with Gasteiger partial charge in [0.2, 0.25) is 15.9 Å². The van der Waals surface area contributed by atoms with Gasteiger partial charge < -0.3 is 10.1 Å². The van der Waals surface area contributed by atoms with E-state index in [-0.39, 0.29) is 24.7 Å². The molecule has 1 heterocycles. The van der Waals surface area contributed by atoms with Crippen molar-refractivity contribution in [1.29, 1.82) is 0 Å². The highest BCUT2D eigenvalue weighted by Gasteiger charge is 2.27. The lowest BCUT2D eigenvalue weighted by Crippen LogP contribution is -2.38. The Bertz CT molecular complexity index is 897. The summed E-state index contributed by atoms with van der Waals surface area (Å²) in [6.45, 7) is 2.62. The average Bonchev–Trinajstić information content (AvgIpc) is 2.64. The molecule has 1 saturated heterocycles. The van der Waals surface area contributed by atoms with Crippen molar-refractivity contribution in [2.45, 2.75) is 26.2 Å². The van der Waals surface area contributed by atoms with Crippen molar-refractivity contribution in [2.75, 3.05) is 28.5 Å². The first-order valence-corrected chi connectivity index (χ1v) is 10.7. The third-order valence-corrected chi connectivity index (χ3v) is 6.31. The van der Waals surface area contributed by atoms with Gasteiger partial charge in [-0.3, -0.25) is 9.10 Å². The first-order valence-electron chi connectivity index (χ1n) is 9.04. The third-order valence-electron chi connectivity index (χ3n) is 4.45. The molecule has 6 nitrogen and oxygen atoms in total. The SMILES string of the molecule is Cc1ccc(NC(=O)CCOc2ccccc2)cc1N1CCCCS1(=O)=O. The van der Waals surface area contributed by atoms with Gasteiger partial charge in [0, 0.05) is 12.2 Å². The standard InChI is InChI=1S/C20H24N2O4S/c1-16-9-10-17(15-19(16)22-12-5-6-14-27(22,24)25)21-20(23)11-13-26-18-7-3-2-4-8-18/h2-4,7-10,15H,5-6,11-14H2,1H3,(H,21,23). The smallest absolute Gasteiger partial charge is 0.235 e. The average molecular weight is 388 g/mol. The highest BCUT2D eigenvalue weighted by molar-refractivity contribution is 7.92. The van der Waals surface area contributed by atoms with Crippen molar-refractivity contribution >= 4 is 27.3 Å². The monoisotopic (exact) mass is 388 g/mol. The van der Waals surface area contributed by atoms with Gasteiger partial charge >= 0.3 is 0 Å². The van der Waals surface area contributed by atoms with Crippen LogP contribution in [0.1, 0.15) is 24.8 Å². The molecule has 0 unspecified atom stereocenters. The molecule has 2 aromatic carbocycles. The molecule has 1 amide bonds. The van der Waals surface area contributed by atoms with E-state index in [0.29, 0.717) is 24.3 Å². The quantitative estimate of drug-likeness (QED) is 0.824. The fraction of sp³-hybridized carbons (Fsp3) is 0.350. The minimum Gasteiger partial charge on any atom is -0.493 e. The molecule has 0 bridgehead atoms. The number of amides is 1. The van der Waals surface area contributed by atoms with Gasteiger partial charge in [-0.1, -0.05) is 24.3 Å². The number of carbonyl (C=O) groups is 1. The minimum atomic E-state index is -3.29. The molecule has 27 heavy (non-hydrogen) atoms. The molecule has 0 saturated carbocycles. The summed E-state index contributed by atoms with van der Waals surface area (Å²) in [5.41, 5.74) is 2.08. The second-order valence-electron chi connectivity index (χ2n) is 6.56. The van der Waals surface area contributed by atoms with Crippen molar-refractivity contribution in [1.82, 2.24) is 0 Å². The molecule has 1 aliphatic heterocycles. The Hall–Kier alpha value is -2.54. The van der Waals surface area contributed by atoms with E-state index >= 15 is 0 Å². The second kappa shape index (κ2) is 8.43. The normalized spacial score (nSPS) is 16.0. The molecular formula is C20H24N2O4S. The Morgan fingerprint density at radius 2 is 1.93 bits per heavy atom. The van der Waals surface area contributed by atoms with Crippen LogP contribution >= 0.6 is 0 Å². The molecule has 0 radical (unpaired) electrons. The van der Waals surface area contributed by atoms with Crippen molar-refractivity contribution in [3.05, 3.63) is 54.1 Å². The van der Waals surface area contributed by atoms with E-state index in [0.717, 1.165) is 17.7 Å². The zero-order valence-electron chi connectivity index (χ0n) is 15.3. The number of aryl methyl sites for hydroxylation is 1. The summed E-state index contributed by atoms with van der Waals surface area (Å²) in [6.07, 6.45) is 1.74. The lowest BCUT2D eigenvalue weighted by Gasteiger charge is -2.29. The fourth-order valence-electron chi connectivity index (χ4n) is 3.02. The number of nitrogens with zero attached hydrogens (tertiary/aromatic N) is 1. The summed E-state index contributed by atoms with van der Waals surface area (Å²) in [5, 5.41) is 2.82. The van der Waals surface area contributed by atoms with Crippen LogP contribution in [0.4, 0.5) is 11.4 Å². The molecule has 1 fully saturated rings. The van der Waals surface area contributed by atoms with E-state index in [1.165, 1.54) is 4.31 Å². The van der Waals surface area contributed by atoms with Crippen LogP contribution in [0.3, 0.4) is 0 Å². The lowest BCUT2D eigenvalue weighted by atomic mass is 10.1. The van der Waals surface area contributed by atoms with Gasteiger partial charge in [-0.15, -0.1) is 0 Å². The van der Waals surface area contributed by atoms with Gasteiger partial charge in [0.25, 0.3) is 0 Å². The first-order chi connectivity index (χ1) is 13.0. The summed E-state index contributed by atoms with van der Waals surface area (Å²) < 4.78 is 31.7. The summed E-state index contributed by atoms with van der Waals surface area (Å²) in [7, 11) is -3.29. The van der Waals surface area contributed by atoms with Gasteiger partial charge in [-0.25, -0.2) is 8.42 Å². The summed E-state index contributed by atoms with van der Waals surface area (Å²) in [4.78, 5) is 12.2.